The summed E-state index contributed by atoms with van der Waals surface area (Å²) in [5.74, 6) is 0.488. The van der Waals surface area contributed by atoms with Crippen LogP contribution in [0.4, 0.5) is 0 Å². The van der Waals surface area contributed by atoms with E-state index in [-0.39, 0.29) is 24.7 Å². The van der Waals surface area contributed by atoms with E-state index < -0.39 is 0 Å². The van der Waals surface area contributed by atoms with Crippen LogP contribution in [0.2, 0.25) is 5.02 Å². The molecule has 1 N–H and O–H groups in total. The molecule has 2 atom stereocenters. The Bertz CT molecular complexity index is 415. The number of nitrogens with one attached hydrogen (secondary N) is 1. The first kappa shape index (κ1) is 14.2. The molecule has 5 heteroatoms. The van der Waals surface area contributed by atoms with Gasteiger partial charge >= 0.3 is 0 Å². The van der Waals surface area contributed by atoms with Crippen LogP contribution in [0.15, 0.2) is 24.3 Å². The maximum absolute atomic E-state index is 11.7. The summed E-state index contributed by atoms with van der Waals surface area (Å²) in [4.78, 5) is 11.7. The average molecular weight is 284 g/mol. The molecule has 1 amide bonds. The molecular formula is C14H18ClNO3. The second-order valence-electron chi connectivity index (χ2n) is 4.65. The van der Waals surface area contributed by atoms with Gasteiger partial charge in [0.2, 0.25) is 0 Å². The molecule has 0 aliphatic carbocycles. The van der Waals surface area contributed by atoms with Gasteiger partial charge in [0.25, 0.3) is 5.91 Å². The molecule has 1 aliphatic rings. The summed E-state index contributed by atoms with van der Waals surface area (Å²) in [6, 6.07) is 6.94. The normalized spacial score (nSPS) is 20.0. The largest absolute Gasteiger partial charge is 0.484 e. The average Bonchev–Trinajstić information content (AvgIpc) is 2.92. The smallest absolute Gasteiger partial charge is 0.258 e. The topological polar surface area (TPSA) is 47.6 Å². The lowest BCUT2D eigenvalue weighted by molar-refractivity contribution is -0.124. The Kier molecular flexibility index (Phi) is 5.05. The molecule has 1 aliphatic heterocycles. The summed E-state index contributed by atoms with van der Waals surface area (Å²) in [5, 5.41) is 3.53. The number of hydrogen-bond donors (Lipinski definition) is 1. The number of halogens is 1. The number of ether oxygens (including phenoxy) is 2. The third kappa shape index (κ3) is 4.40. The van der Waals surface area contributed by atoms with E-state index in [1.165, 1.54) is 0 Å². The first-order chi connectivity index (χ1) is 9.15. The van der Waals surface area contributed by atoms with Gasteiger partial charge in [0.1, 0.15) is 5.75 Å². The molecule has 1 aromatic carbocycles. The molecule has 0 aromatic heterocycles. The maximum Gasteiger partial charge on any atom is 0.258 e. The first-order valence-electron chi connectivity index (χ1n) is 6.44. The SMILES string of the molecule is C[C@H](NC(=O)COc1ccc(Cl)cc1)[C@H]1CCCO1. The number of amides is 1. The summed E-state index contributed by atoms with van der Waals surface area (Å²) in [6.07, 6.45) is 2.19. The Morgan fingerprint density at radius 2 is 2.26 bits per heavy atom. The predicted octanol–water partition coefficient (Wildman–Crippen LogP) is 2.40. The third-order valence-electron chi connectivity index (χ3n) is 3.09. The van der Waals surface area contributed by atoms with Gasteiger partial charge < -0.3 is 14.8 Å². The zero-order valence-corrected chi connectivity index (χ0v) is 11.7. The first-order valence-corrected chi connectivity index (χ1v) is 6.82. The van der Waals surface area contributed by atoms with Crippen molar-refractivity contribution in [1.29, 1.82) is 0 Å². The Hall–Kier alpha value is -1.26. The van der Waals surface area contributed by atoms with E-state index in [0.717, 1.165) is 19.4 Å². The Balaban J connectivity index is 1.73. The quantitative estimate of drug-likeness (QED) is 0.903. The fourth-order valence-electron chi connectivity index (χ4n) is 2.07. The molecule has 104 valence electrons. The molecule has 2 rings (SSSR count). The second-order valence-corrected chi connectivity index (χ2v) is 5.09. The van der Waals surface area contributed by atoms with Crippen molar-refractivity contribution >= 4 is 17.5 Å². The van der Waals surface area contributed by atoms with Gasteiger partial charge in [0, 0.05) is 11.6 Å². The summed E-state index contributed by atoms with van der Waals surface area (Å²) in [5.41, 5.74) is 0. The van der Waals surface area contributed by atoms with Crippen molar-refractivity contribution in [1.82, 2.24) is 5.32 Å². The molecule has 0 radical (unpaired) electrons. The highest BCUT2D eigenvalue weighted by atomic mass is 35.5. The molecule has 0 unspecified atom stereocenters. The van der Waals surface area contributed by atoms with Crippen LogP contribution in [0.5, 0.6) is 5.75 Å². The van der Waals surface area contributed by atoms with Crippen molar-refractivity contribution in [2.75, 3.05) is 13.2 Å². The molecule has 0 bridgehead atoms. The standard InChI is InChI=1S/C14H18ClNO3/c1-10(13-3-2-8-18-13)16-14(17)9-19-12-6-4-11(15)5-7-12/h4-7,10,13H,2-3,8-9H2,1H3,(H,16,17)/t10-,13+/m0/s1. The Labute approximate surface area is 118 Å². The molecule has 4 nitrogen and oxygen atoms in total. The number of rotatable bonds is 5. The molecule has 1 aromatic rings. The Morgan fingerprint density at radius 1 is 1.53 bits per heavy atom. The Morgan fingerprint density at radius 3 is 2.89 bits per heavy atom. The van der Waals surface area contributed by atoms with Gasteiger partial charge in [-0.3, -0.25) is 4.79 Å². The summed E-state index contributed by atoms with van der Waals surface area (Å²) < 4.78 is 10.9. The zero-order valence-electron chi connectivity index (χ0n) is 10.9. The van der Waals surface area contributed by atoms with Crippen LogP contribution >= 0.6 is 11.6 Å². The van der Waals surface area contributed by atoms with Gasteiger partial charge in [-0.15, -0.1) is 0 Å². The minimum atomic E-state index is -0.141. The van der Waals surface area contributed by atoms with Crippen LogP contribution in [-0.4, -0.2) is 31.3 Å². The number of hydrogen-bond acceptors (Lipinski definition) is 3. The summed E-state index contributed by atoms with van der Waals surface area (Å²) >= 11 is 5.77. The summed E-state index contributed by atoms with van der Waals surface area (Å²) in [6.45, 7) is 2.74. The minimum Gasteiger partial charge on any atom is -0.484 e. The monoisotopic (exact) mass is 283 g/mol. The van der Waals surface area contributed by atoms with E-state index in [2.05, 4.69) is 5.32 Å². The molecule has 0 saturated carbocycles. The van der Waals surface area contributed by atoms with Crippen LogP contribution in [0, 0.1) is 0 Å². The molecule has 19 heavy (non-hydrogen) atoms. The van der Waals surface area contributed by atoms with E-state index in [1.807, 2.05) is 6.92 Å². The van der Waals surface area contributed by atoms with Crippen molar-refractivity contribution in [3.8, 4) is 5.75 Å². The molecule has 1 saturated heterocycles. The van der Waals surface area contributed by atoms with Crippen molar-refractivity contribution in [2.24, 2.45) is 0 Å². The highest BCUT2D eigenvalue weighted by Crippen LogP contribution is 2.16. The van der Waals surface area contributed by atoms with Gasteiger partial charge in [-0.2, -0.15) is 0 Å². The highest BCUT2D eigenvalue weighted by molar-refractivity contribution is 6.30. The number of carbonyl (C=O) groups is 1. The van der Waals surface area contributed by atoms with Gasteiger partial charge in [0.15, 0.2) is 6.61 Å². The van der Waals surface area contributed by atoms with Gasteiger partial charge in [-0.25, -0.2) is 0 Å². The minimum absolute atomic E-state index is 0.00130. The lowest BCUT2D eigenvalue weighted by Crippen LogP contribution is -2.42. The fourth-order valence-corrected chi connectivity index (χ4v) is 2.19. The van der Waals surface area contributed by atoms with Crippen molar-refractivity contribution in [3.63, 3.8) is 0 Å². The second kappa shape index (κ2) is 6.78. The molecular weight excluding hydrogens is 266 g/mol. The van der Waals surface area contributed by atoms with E-state index in [0.29, 0.717) is 10.8 Å². The van der Waals surface area contributed by atoms with Crippen molar-refractivity contribution < 1.29 is 14.3 Å². The molecule has 1 heterocycles. The van der Waals surface area contributed by atoms with E-state index in [4.69, 9.17) is 21.1 Å². The highest BCUT2D eigenvalue weighted by Gasteiger charge is 2.23. The van der Waals surface area contributed by atoms with E-state index in [1.54, 1.807) is 24.3 Å². The molecule has 0 spiro atoms. The van der Waals surface area contributed by atoms with Crippen LogP contribution in [0.1, 0.15) is 19.8 Å². The number of carbonyl (C=O) groups excluding carboxylic acids is 1. The van der Waals surface area contributed by atoms with Crippen LogP contribution in [0.25, 0.3) is 0 Å². The fraction of sp³-hybridized carbons (Fsp3) is 0.500. The van der Waals surface area contributed by atoms with Crippen molar-refractivity contribution in [2.45, 2.75) is 31.9 Å². The predicted molar refractivity (Wildman–Crippen MR) is 73.5 cm³/mol. The van der Waals surface area contributed by atoms with Gasteiger partial charge in [-0.05, 0) is 44.0 Å². The van der Waals surface area contributed by atoms with Crippen molar-refractivity contribution in [3.05, 3.63) is 29.3 Å². The lowest BCUT2D eigenvalue weighted by Gasteiger charge is -2.20. The lowest BCUT2D eigenvalue weighted by atomic mass is 10.1. The molecule has 1 fully saturated rings. The van der Waals surface area contributed by atoms with E-state index >= 15 is 0 Å². The zero-order chi connectivity index (χ0) is 13.7. The third-order valence-corrected chi connectivity index (χ3v) is 3.35. The number of benzene rings is 1. The van der Waals surface area contributed by atoms with Crippen LogP contribution < -0.4 is 10.1 Å². The van der Waals surface area contributed by atoms with Gasteiger partial charge in [-0.1, -0.05) is 11.6 Å². The maximum atomic E-state index is 11.7. The van der Waals surface area contributed by atoms with Crippen LogP contribution in [0.3, 0.4) is 0 Å². The van der Waals surface area contributed by atoms with Gasteiger partial charge in [0.05, 0.1) is 12.1 Å². The summed E-state index contributed by atoms with van der Waals surface area (Å²) in [7, 11) is 0. The van der Waals surface area contributed by atoms with E-state index in [9.17, 15) is 4.79 Å². The van der Waals surface area contributed by atoms with Crippen LogP contribution in [-0.2, 0) is 9.53 Å².